The van der Waals surface area contributed by atoms with Gasteiger partial charge in [-0.1, -0.05) is 19.0 Å². The molecule has 0 aromatic rings. The van der Waals surface area contributed by atoms with Crippen molar-refractivity contribution in [3.8, 4) is 0 Å². The molecule has 0 aliphatic carbocycles. The number of nitrogens with one attached hydrogen (secondary N) is 1. The van der Waals surface area contributed by atoms with Crippen molar-refractivity contribution in [3.63, 3.8) is 0 Å². The Bertz CT molecular complexity index is 123. The van der Waals surface area contributed by atoms with Crippen LogP contribution in [0.2, 0.25) is 0 Å². The van der Waals surface area contributed by atoms with Gasteiger partial charge in [-0.25, -0.2) is 0 Å². The SMILES string of the molecule is C=C([SiH3])C(CC)C(C)NCC. The lowest BCUT2D eigenvalue weighted by Gasteiger charge is -2.23. The third-order valence-corrected chi connectivity index (χ3v) is 2.94. The fraction of sp³-hybridized carbons (Fsp3) is 0.778. The summed E-state index contributed by atoms with van der Waals surface area (Å²) in [5.41, 5.74) is 0. The minimum atomic E-state index is 0.606. The van der Waals surface area contributed by atoms with E-state index in [0.717, 1.165) is 16.8 Å². The molecule has 66 valence electrons. The Kier molecular flexibility index (Phi) is 5.51. The van der Waals surface area contributed by atoms with E-state index in [1.54, 1.807) is 0 Å². The molecule has 0 saturated carbocycles. The Hall–Kier alpha value is -0.0831. The molecule has 0 bridgehead atoms. The third-order valence-electron chi connectivity index (χ3n) is 2.20. The van der Waals surface area contributed by atoms with E-state index in [1.165, 1.54) is 11.6 Å². The predicted molar refractivity (Wildman–Crippen MR) is 56.0 cm³/mol. The van der Waals surface area contributed by atoms with E-state index >= 15 is 0 Å². The zero-order valence-electron chi connectivity index (χ0n) is 8.28. The number of hydrogen-bond acceptors (Lipinski definition) is 1. The first kappa shape index (κ1) is 10.9. The van der Waals surface area contributed by atoms with E-state index in [9.17, 15) is 0 Å². The predicted octanol–water partition coefficient (Wildman–Crippen LogP) is 0.890. The van der Waals surface area contributed by atoms with Crippen LogP contribution in [0.15, 0.2) is 11.8 Å². The zero-order valence-corrected chi connectivity index (χ0v) is 10.3. The Balaban J connectivity index is 3.91. The molecular weight excluding hydrogens is 150 g/mol. The van der Waals surface area contributed by atoms with Crippen molar-refractivity contribution in [2.75, 3.05) is 6.54 Å². The van der Waals surface area contributed by atoms with E-state index in [4.69, 9.17) is 0 Å². The lowest BCUT2D eigenvalue weighted by Crippen LogP contribution is -2.33. The molecule has 0 amide bonds. The summed E-state index contributed by atoms with van der Waals surface area (Å²) in [5.74, 6) is 0.696. The van der Waals surface area contributed by atoms with Crippen molar-refractivity contribution < 1.29 is 0 Å². The van der Waals surface area contributed by atoms with E-state index in [2.05, 4.69) is 32.7 Å². The summed E-state index contributed by atoms with van der Waals surface area (Å²) in [6.45, 7) is 11.8. The molecule has 0 rings (SSSR count). The second-order valence-electron chi connectivity index (χ2n) is 3.21. The monoisotopic (exact) mass is 171 g/mol. The number of rotatable bonds is 5. The van der Waals surface area contributed by atoms with Gasteiger partial charge in [-0.2, -0.15) is 0 Å². The van der Waals surface area contributed by atoms with Crippen LogP contribution in [0.4, 0.5) is 0 Å². The van der Waals surface area contributed by atoms with Gasteiger partial charge in [0, 0.05) is 16.3 Å². The molecule has 2 heteroatoms. The third kappa shape index (κ3) is 3.73. The summed E-state index contributed by atoms with van der Waals surface area (Å²) in [6.07, 6.45) is 1.22. The quantitative estimate of drug-likeness (QED) is 0.606. The fourth-order valence-corrected chi connectivity index (χ4v) is 2.50. The van der Waals surface area contributed by atoms with Gasteiger partial charge in [0.05, 0.1) is 0 Å². The molecule has 0 spiro atoms. The van der Waals surface area contributed by atoms with Crippen molar-refractivity contribution in [2.24, 2.45) is 5.92 Å². The largest absolute Gasteiger partial charge is 0.314 e. The summed E-state index contributed by atoms with van der Waals surface area (Å²) in [4.78, 5) is 0. The summed E-state index contributed by atoms with van der Waals surface area (Å²) in [5, 5.41) is 4.87. The van der Waals surface area contributed by atoms with Gasteiger partial charge >= 0.3 is 0 Å². The Morgan fingerprint density at radius 2 is 2.09 bits per heavy atom. The van der Waals surface area contributed by atoms with Crippen LogP contribution >= 0.6 is 0 Å². The van der Waals surface area contributed by atoms with Gasteiger partial charge in [-0.3, -0.25) is 0 Å². The van der Waals surface area contributed by atoms with Gasteiger partial charge in [0.15, 0.2) is 0 Å². The summed E-state index contributed by atoms with van der Waals surface area (Å²) in [6, 6.07) is 0.606. The van der Waals surface area contributed by atoms with Crippen LogP contribution in [0.25, 0.3) is 0 Å². The van der Waals surface area contributed by atoms with E-state index in [1.807, 2.05) is 0 Å². The van der Waals surface area contributed by atoms with E-state index in [0.29, 0.717) is 12.0 Å². The highest BCUT2D eigenvalue weighted by Crippen LogP contribution is 2.14. The zero-order chi connectivity index (χ0) is 8.85. The van der Waals surface area contributed by atoms with Crippen molar-refractivity contribution >= 4 is 10.2 Å². The normalized spacial score (nSPS) is 16.3. The summed E-state index contributed by atoms with van der Waals surface area (Å²) < 4.78 is 0. The first-order valence-electron chi connectivity index (χ1n) is 4.52. The van der Waals surface area contributed by atoms with Crippen molar-refractivity contribution in [3.05, 3.63) is 11.8 Å². The average molecular weight is 171 g/mol. The van der Waals surface area contributed by atoms with Crippen LogP contribution in [-0.2, 0) is 0 Å². The molecule has 0 aliphatic rings. The molecule has 1 nitrogen and oxygen atoms in total. The van der Waals surface area contributed by atoms with Crippen LogP contribution < -0.4 is 5.32 Å². The summed E-state index contributed by atoms with van der Waals surface area (Å²) >= 11 is 0. The van der Waals surface area contributed by atoms with Crippen LogP contribution in [0.3, 0.4) is 0 Å². The number of hydrogen-bond donors (Lipinski definition) is 1. The highest BCUT2D eigenvalue weighted by molar-refractivity contribution is 6.21. The Morgan fingerprint density at radius 1 is 1.55 bits per heavy atom. The highest BCUT2D eigenvalue weighted by Gasteiger charge is 2.13. The Labute approximate surface area is 73.7 Å². The van der Waals surface area contributed by atoms with Crippen molar-refractivity contribution in [1.82, 2.24) is 5.32 Å². The minimum absolute atomic E-state index is 0.606. The maximum Gasteiger partial charge on any atom is 0.0329 e. The van der Waals surface area contributed by atoms with Crippen molar-refractivity contribution in [2.45, 2.75) is 33.2 Å². The molecule has 1 N–H and O–H groups in total. The highest BCUT2D eigenvalue weighted by atomic mass is 28.1. The smallest absolute Gasteiger partial charge is 0.0329 e. The van der Waals surface area contributed by atoms with Gasteiger partial charge in [0.2, 0.25) is 0 Å². The maximum atomic E-state index is 4.05. The molecule has 0 aromatic carbocycles. The van der Waals surface area contributed by atoms with Gasteiger partial charge < -0.3 is 5.32 Å². The molecule has 0 radical (unpaired) electrons. The van der Waals surface area contributed by atoms with Crippen LogP contribution in [0.5, 0.6) is 0 Å². The summed E-state index contributed by atoms with van der Waals surface area (Å²) in [7, 11) is 1.13. The lowest BCUT2D eigenvalue weighted by atomic mass is 9.98. The van der Waals surface area contributed by atoms with Crippen LogP contribution in [0.1, 0.15) is 27.2 Å². The molecule has 11 heavy (non-hydrogen) atoms. The second-order valence-corrected chi connectivity index (χ2v) is 4.49. The lowest BCUT2D eigenvalue weighted by molar-refractivity contribution is 0.429. The fourth-order valence-electron chi connectivity index (χ4n) is 1.59. The molecule has 2 atom stereocenters. The van der Waals surface area contributed by atoms with E-state index in [-0.39, 0.29) is 0 Å². The van der Waals surface area contributed by atoms with Gasteiger partial charge in [-0.15, -0.1) is 6.58 Å². The second kappa shape index (κ2) is 5.55. The molecular formula is C9H21NSi. The average Bonchev–Trinajstić information content (AvgIpc) is 1.88. The first-order valence-corrected chi connectivity index (χ1v) is 5.52. The maximum absolute atomic E-state index is 4.05. The van der Waals surface area contributed by atoms with Gasteiger partial charge in [0.25, 0.3) is 0 Å². The Morgan fingerprint density at radius 3 is 2.36 bits per heavy atom. The molecule has 0 heterocycles. The van der Waals surface area contributed by atoms with Gasteiger partial charge in [0.1, 0.15) is 0 Å². The molecule has 0 aliphatic heterocycles. The topological polar surface area (TPSA) is 12.0 Å². The molecule has 2 unspecified atom stereocenters. The van der Waals surface area contributed by atoms with Crippen LogP contribution in [0, 0.1) is 5.92 Å². The van der Waals surface area contributed by atoms with Gasteiger partial charge in [-0.05, 0) is 25.8 Å². The first-order chi connectivity index (χ1) is 5.13. The minimum Gasteiger partial charge on any atom is -0.314 e. The molecule has 0 fully saturated rings. The van der Waals surface area contributed by atoms with Crippen molar-refractivity contribution in [1.29, 1.82) is 0 Å². The molecule has 0 saturated heterocycles. The van der Waals surface area contributed by atoms with Crippen LogP contribution in [-0.4, -0.2) is 22.8 Å². The standard InChI is InChI=1S/C9H21NSi/c1-5-9(8(4)11)7(3)10-6-2/h7,9-10H,4-6H2,1-3,11H3. The molecule has 0 aromatic heterocycles. The van der Waals surface area contributed by atoms with E-state index < -0.39 is 0 Å².